The summed E-state index contributed by atoms with van der Waals surface area (Å²) in [6.07, 6.45) is 11.0. The van der Waals surface area contributed by atoms with Crippen LogP contribution in [0.25, 0.3) is 10.8 Å². The second-order valence-corrected chi connectivity index (χ2v) is 14.5. The van der Waals surface area contributed by atoms with Gasteiger partial charge in [0.05, 0.1) is 16.7 Å². The third-order valence-corrected chi connectivity index (χ3v) is 12.2. The second-order valence-electron chi connectivity index (χ2n) is 12.6. The number of sulfonamides is 1. The molecule has 5 nitrogen and oxygen atoms in total. The van der Waals surface area contributed by atoms with Crippen LogP contribution in [-0.2, 0) is 14.8 Å². The van der Waals surface area contributed by atoms with Crippen LogP contribution in [0.5, 0.6) is 0 Å². The van der Waals surface area contributed by atoms with Crippen LogP contribution in [0.4, 0.5) is 5.69 Å². The topological polar surface area (TPSA) is 49.9 Å². The molecule has 4 bridgehead atoms. The minimum absolute atomic E-state index is 0.360. The fourth-order valence-corrected chi connectivity index (χ4v) is 11.0. The molecule has 8 rings (SSSR count). The molecule has 6 heteroatoms. The van der Waals surface area contributed by atoms with Crippen molar-refractivity contribution in [3.63, 3.8) is 0 Å². The molecule has 0 aromatic heterocycles. The van der Waals surface area contributed by atoms with E-state index in [0.717, 1.165) is 73.3 Å². The monoisotopic (exact) mass is 508 g/mol. The van der Waals surface area contributed by atoms with Gasteiger partial charge in [0.2, 0.25) is 0 Å². The van der Waals surface area contributed by atoms with E-state index in [-0.39, 0.29) is 0 Å². The summed E-state index contributed by atoms with van der Waals surface area (Å²) in [6.45, 7) is 6.71. The zero-order valence-electron chi connectivity index (χ0n) is 21.6. The predicted molar refractivity (Wildman–Crippen MR) is 144 cm³/mol. The first kappa shape index (κ1) is 23.5. The third-order valence-electron chi connectivity index (χ3n) is 10.4. The SMILES string of the molecule is CCOC(CN1CCC(CN2c3cccc4cccc(c34)S2(=O)=O)CC1)C12CC3CC(CC(C3)C1)C2. The zero-order chi connectivity index (χ0) is 24.5. The van der Waals surface area contributed by atoms with Crippen LogP contribution < -0.4 is 4.31 Å². The lowest BCUT2D eigenvalue weighted by atomic mass is 9.48. The molecule has 4 aliphatic carbocycles. The molecule has 1 atom stereocenters. The Bertz CT molecular complexity index is 1210. The van der Waals surface area contributed by atoms with E-state index >= 15 is 0 Å². The highest BCUT2D eigenvalue weighted by Crippen LogP contribution is 2.62. The lowest BCUT2D eigenvalue weighted by molar-refractivity contribution is -0.148. The molecule has 2 aromatic carbocycles. The van der Waals surface area contributed by atoms with Crippen LogP contribution in [-0.4, -0.2) is 52.2 Å². The zero-order valence-corrected chi connectivity index (χ0v) is 22.4. The van der Waals surface area contributed by atoms with E-state index in [1.807, 2.05) is 30.3 Å². The normalized spacial score (nSPS) is 34.0. The first-order chi connectivity index (χ1) is 17.4. The first-order valence-corrected chi connectivity index (χ1v) is 15.8. The lowest BCUT2D eigenvalue weighted by Gasteiger charge is -2.59. The summed E-state index contributed by atoms with van der Waals surface area (Å²) in [5.41, 5.74) is 1.28. The summed E-state index contributed by atoms with van der Waals surface area (Å²) in [7, 11) is -3.46. The van der Waals surface area contributed by atoms with E-state index in [4.69, 9.17) is 4.74 Å². The van der Waals surface area contributed by atoms with Crippen LogP contribution in [0, 0.1) is 29.1 Å². The van der Waals surface area contributed by atoms with Gasteiger partial charge in [-0.2, -0.15) is 0 Å². The molecule has 6 aliphatic rings. The number of anilines is 1. The van der Waals surface area contributed by atoms with Crippen molar-refractivity contribution in [2.45, 2.75) is 69.3 Å². The highest BCUT2D eigenvalue weighted by molar-refractivity contribution is 7.93. The van der Waals surface area contributed by atoms with Crippen LogP contribution in [0.15, 0.2) is 41.3 Å². The van der Waals surface area contributed by atoms with Gasteiger partial charge in [0.15, 0.2) is 0 Å². The Morgan fingerprint density at radius 2 is 1.61 bits per heavy atom. The van der Waals surface area contributed by atoms with Crippen LogP contribution in [0.2, 0.25) is 0 Å². The highest BCUT2D eigenvalue weighted by atomic mass is 32.2. The smallest absolute Gasteiger partial charge is 0.265 e. The number of likely N-dealkylation sites (tertiary alicyclic amines) is 1. The Morgan fingerprint density at radius 1 is 0.972 bits per heavy atom. The molecular weight excluding hydrogens is 468 g/mol. The fourth-order valence-electron chi connectivity index (χ4n) is 9.17. The summed E-state index contributed by atoms with van der Waals surface area (Å²) in [4.78, 5) is 3.10. The number of piperidine rings is 1. The van der Waals surface area contributed by atoms with E-state index in [0.29, 0.717) is 28.9 Å². The molecular formula is C30H40N2O3S. The summed E-state index contributed by atoms with van der Waals surface area (Å²) >= 11 is 0. The molecule has 1 unspecified atom stereocenters. The first-order valence-electron chi connectivity index (χ1n) is 14.3. The van der Waals surface area contributed by atoms with E-state index in [1.54, 1.807) is 10.4 Å². The molecule has 5 fully saturated rings. The van der Waals surface area contributed by atoms with Gasteiger partial charge in [0.1, 0.15) is 0 Å². The van der Waals surface area contributed by atoms with Gasteiger partial charge >= 0.3 is 0 Å². The molecule has 2 heterocycles. The largest absolute Gasteiger partial charge is 0.377 e. The van der Waals surface area contributed by atoms with Crippen molar-refractivity contribution in [2.24, 2.45) is 29.1 Å². The molecule has 2 aliphatic heterocycles. The lowest BCUT2D eigenvalue weighted by Crippen LogP contribution is -2.56. The second kappa shape index (κ2) is 8.71. The van der Waals surface area contributed by atoms with Crippen molar-refractivity contribution < 1.29 is 13.2 Å². The maximum Gasteiger partial charge on any atom is 0.265 e. The summed E-state index contributed by atoms with van der Waals surface area (Å²) in [6, 6.07) is 11.6. The average Bonchev–Trinajstić information content (AvgIpc) is 3.07. The Kier molecular flexibility index (Phi) is 5.68. The maximum absolute atomic E-state index is 13.4. The van der Waals surface area contributed by atoms with Crippen LogP contribution >= 0.6 is 0 Å². The van der Waals surface area contributed by atoms with Gasteiger partial charge in [-0.25, -0.2) is 8.42 Å². The maximum atomic E-state index is 13.4. The van der Waals surface area contributed by atoms with E-state index in [1.165, 1.54) is 38.5 Å². The molecule has 1 saturated heterocycles. The van der Waals surface area contributed by atoms with E-state index < -0.39 is 10.0 Å². The number of benzene rings is 2. The van der Waals surface area contributed by atoms with Crippen molar-refractivity contribution in [3.8, 4) is 0 Å². The molecule has 2 aromatic rings. The molecule has 194 valence electrons. The minimum atomic E-state index is -3.46. The van der Waals surface area contributed by atoms with Crippen molar-refractivity contribution in [1.82, 2.24) is 4.90 Å². The summed E-state index contributed by atoms with van der Waals surface area (Å²) in [5, 5.41) is 1.91. The summed E-state index contributed by atoms with van der Waals surface area (Å²) < 4.78 is 35.1. The number of nitrogens with zero attached hydrogens (tertiary/aromatic N) is 2. The predicted octanol–water partition coefficient (Wildman–Crippen LogP) is 5.68. The minimum Gasteiger partial charge on any atom is -0.377 e. The number of hydrogen-bond donors (Lipinski definition) is 0. The Morgan fingerprint density at radius 3 is 2.25 bits per heavy atom. The van der Waals surface area contributed by atoms with Crippen molar-refractivity contribution >= 4 is 26.5 Å². The highest BCUT2D eigenvalue weighted by Gasteiger charge is 2.54. The van der Waals surface area contributed by atoms with Crippen LogP contribution in [0.3, 0.4) is 0 Å². The molecule has 36 heavy (non-hydrogen) atoms. The standard InChI is InChI=1S/C30H40N2O3S/c1-2-35-28(30-16-22-13-23(17-30)15-24(14-22)18-30)20-31-11-9-21(10-12-31)19-32-26-7-3-5-25-6-4-8-27(29(25)26)36(32,33)34/h3-8,21-24,28H,2,9-20H2,1H3. The fraction of sp³-hybridized carbons (Fsp3) is 0.667. The van der Waals surface area contributed by atoms with Gasteiger partial charge in [-0.1, -0.05) is 24.3 Å². The molecule has 0 N–H and O–H groups in total. The number of rotatable bonds is 7. The molecule has 0 radical (unpaired) electrons. The van der Waals surface area contributed by atoms with Gasteiger partial charge in [-0.15, -0.1) is 0 Å². The van der Waals surface area contributed by atoms with Crippen molar-refractivity contribution in [2.75, 3.05) is 37.1 Å². The quantitative estimate of drug-likeness (QED) is 0.483. The number of hydrogen-bond acceptors (Lipinski definition) is 4. The van der Waals surface area contributed by atoms with Crippen LogP contribution in [0.1, 0.15) is 58.3 Å². The van der Waals surface area contributed by atoms with Crippen molar-refractivity contribution in [1.29, 1.82) is 0 Å². The molecule has 0 amide bonds. The third kappa shape index (κ3) is 3.73. The van der Waals surface area contributed by atoms with Gasteiger partial charge in [-0.05, 0) is 118 Å². The number of ether oxygens (including phenoxy) is 1. The molecule has 4 saturated carbocycles. The summed E-state index contributed by atoms with van der Waals surface area (Å²) in [5.74, 6) is 3.23. The van der Waals surface area contributed by atoms with E-state index in [2.05, 4.69) is 11.8 Å². The molecule has 0 spiro atoms. The van der Waals surface area contributed by atoms with Gasteiger partial charge < -0.3 is 9.64 Å². The van der Waals surface area contributed by atoms with Gasteiger partial charge in [-0.3, -0.25) is 4.31 Å². The van der Waals surface area contributed by atoms with Gasteiger partial charge in [0.25, 0.3) is 10.0 Å². The Balaban J connectivity index is 1.02. The van der Waals surface area contributed by atoms with Gasteiger partial charge in [0, 0.05) is 25.1 Å². The van der Waals surface area contributed by atoms with E-state index in [9.17, 15) is 8.42 Å². The van der Waals surface area contributed by atoms with Crippen molar-refractivity contribution in [3.05, 3.63) is 36.4 Å². The Labute approximate surface area is 216 Å². The Hall–Kier alpha value is -1.63. The average molecular weight is 509 g/mol.